The van der Waals surface area contributed by atoms with Gasteiger partial charge in [-0.15, -0.1) is 0 Å². The summed E-state index contributed by atoms with van der Waals surface area (Å²) >= 11 is 0. The van der Waals surface area contributed by atoms with Crippen molar-refractivity contribution in [3.8, 4) is 5.75 Å². The molecule has 0 radical (unpaired) electrons. The molecule has 40 heavy (non-hydrogen) atoms. The van der Waals surface area contributed by atoms with Crippen LogP contribution >= 0.6 is 0 Å². The zero-order valence-corrected chi connectivity index (χ0v) is 21.2. The first-order valence-electron chi connectivity index (χ1n) is 12.5. The van der Waals surface area contributed by atoms with E-state index in [0.29, 0.717) is 23.3 Å². The van der Waals surface area contributed by atoms with Gasteiger partial charge in [-0.3, -0.25) is 24.4 Å². The number of aliphatic imine (C=N–C) groups is 2. The van der Waals surface area contributed by atoms with E-state index in [1.807, 2.05) is 18.5 Å². The highest BCUT2D eigenvalue weighted by Crippen LogP contribution is 2.36. The number of carbonyl (C=O) groups excluding carboxylic acids is 2. The number of halogens is 2. The smallest absolute Gasteiger partial charge is 0.263 e. The number of pyridine rings is 1. The van der Waals surface area contributed by atoms with Crippen molar-refractivity contribution in [3.63, 3.8) is 0 Å². The molecular formula is C29H25F2N5O4. The molecule has 5 rings (SSSR count). The molecule has 2 aliphatic rings. The third-order valence-electron chi connectivity index (χ3n) is 6.52. The Hall–Kier alpha value is -4.93. The summed E-state index contributed by atoms with van der Waals surface area (Å²) in [7, 11) is 0. The largest absolute Gasteiger partial charge is 0.484 e. The lowest BCUT2D eigenvalue weighted by atomic mass is 9.90. The third-order valence-corrected chi connectivity index (χ3v) is 6.52. The van der Waals surface area contributed by atoms with E-state index < -0.39 is 29.0 Å². The van der Waals surface area contributed by atoms with Crippen LogP contribution in [0, 0.1) is 11.6 Å². The Morgan fingerprint density at radius 2 is 1.93 bits per heavy atom. The molecule has 0 aliphatic carbocycles. The van der Waals surface area contributed by atoms with E-state index in [1.54, 1.807) is 12.1 Å². The number of nitrogens with two attached hydrogens (primary N) is 1. The quantitative estimate of drug-likeness (QED) is 0.401. The number of benzene rings is 2. The molecule has 2 aromatic carbocycles. The number of ether oxygens (including phenoxy) is 1. The number of hydrogen-bond acceptors (Lipinski definition) is 6. The van der Waals surface area contributed by atoms with E-state index in [0.717, 1.165) is 23.3 Å². The first-order valence-corrected chi connectivity index (χ1v) is 12.5. The highest BCUT2D eigenvalue weighted by molar-refractivity contribution is 5.93. The maximum Gasteiger partial charge on any atom is 0.263 e. The van der Waals surface area contributed by atoms with Crippen molar-refractivity contribution in [2.45, 2.75) is 31.6 Å². The van der Waals surface area contributed by atoms with E-state index in [-0.39, 0.29) is 37.3 Å². The molecule has 0 fully saturated rings. The number of amides is 2. The van der Waals surface area contributed by atoms with Crippen LogP contribution in [-0.4, -0.2) is 41.6 Å². The molecule has 9 nitrogen and oxygen atoms in total. The number of carbonyl (C=O) groups is 2. The summed E-state index contributed by atoms with van der Waals surface area (Å²) in [6.45, 7) is -0.295. The van der Waals surface area contributed by atoms with E-state index in [2.05, 4.69) is 21.4 Å². The zero-order chi connectivity index (χ0) is 28.2. The average Bonchev–Trinajstić information content (AvgIpc) is 3.38. The Balaban J connectivity index is 1.35. The number of rotatable bonds is 9. The van der Waals surface area contributed by atoms with Crippen molar-refractivity contribution in [1.82, 2.24) is 9.88 Å². The molecule has 2 atom stereocenters. The summed E-state index contributed by atoms with van der Waals surface area (Å²) < 4.78 is 33.7. The molecule has 2 amide bonds. The van der Waals surface area contributed by atoms with E-state index in [1.165, 1.54) is 29.0 Å². The number of fused-ring (bicyclic) bond motifs is 1. The minimum atomic E-state index is -1.02. The van der Waals surface area contributed by atoms with Crippen LogP contribution in [0.3, 0.4) is 0 Å². The summed E-state index contributed by atoms with van der Waals surface area (Å²) in [4.78, 5) is 46.1. The van der Waals surface area contributed by atoms with Crippen LogP contribution in [0.4, 0.5) is 8.78 Å². The SMILES string of the molecule is NC(=O)COc1cc(CNC(=O)c2cccn(Cc3ccc(F)c(F)c3)c2=O)cc(C2C=NC3N=CCC=C32)c1. The summed E-state index contributed by atoms with van der Waals surface area (Å²) in [6, 6.07) is 11.6. The summed E-state index contributed by atoms with van der Waals surface area (Å²) in [5, 5.41) is 2.75. The number of primary amides is 1. The summed E-state index contributed by atoms with van der Waals surface area (Å²) in [5.41, 5.74) is 7.47. The van der Waals surface area contributed by atoms with Gasteiger partial charge in [0.05, 0.1) is 6.54 Å². The molecule has 1 aromatic heterocycles. The predicted octanol–water partition coefficient (Wildman–Crippen LogP) is 2.86. The highest BCUT2D eigenvalue weighted by atomic mass is 19.2. The number of aromatic nitrogens is 1. The number of hydrogen-bond donors (Lipinski definition) is 2. The van der Waals surface area contributed by atoms with Crippen molar-refractivity contribution in [3.05, 3.63) is 111 Å². The lowest BCUT2D eigenvalue weighted by Crippen LogP contribution is -2.32. The van der Waals surface area contributed by atoms with Crippen LogP contribution in [-0.2, 0) is 17.9 Å². The van der Waals surface area contributed by atoms with Gasteiger partial charge in [0.2, 0.25) is 0 Å². The van der Waals surface area contributed by atoms with Gasteiger partial charge in [0.1, 0.15) is 11.3 Å². The van der Waals surface area contributed by atoms with Gasteiger partial charge in [-0.2, -0.15) is 0 Å². The predicted molar refractivity (Wildman–Crippen MR) is 145 cm³/mol. The Labute approximate surface area is 227 Å². The van der Waals surface area contributed by atoms with E-state index >= 15 is 0 Å². The van der Waals surface area contributed by atoms with Crippen LogP contribution in [0.5, 0.6) is 5.75 Å². The van der Waals surface area contributed by atoms with Crippen LogP contribution in [0.2, 0.25) is 0 Å². The average molecular weight is 546 g/mol. The van der Waals surface area contributed by atoms with Crippen molar-refractivity contribution in [2.24, 2.45) is 15.7 Å². The molecule has 11 heteroatoms. The van der Waals surface area contributed by atoms with Crippen molar-refractivity contribution in [1.29, 1.82) is 0 Å². The fourth-order valence-corrected chi connectivity index (χ4v) is 4.64. The molecule has 2 unspecified atom stereocenters. The second-order valence-corrected chi connectivity index (χ2v) is 9.37. The van der Waals surface area contributed by atoms with Gasteiger partial charge in [0.15, 0.2) is 24.4 Å². The van der Waals surface area contributed by atoms with Gasteiger partial charge in [0, 0.05) is 37.5 Å². The Bertz CT molecular complexity index is 1630. The standard InChI is InChI=1S/C29H25F2N5O4/c30-24-6-5-17(11-25(24)31)15-36-8-2-4-22(29(36)39)28(38)35-13-18-9-19(12-20(10-18)40-16-26(32)37)23-14-34-27-21(23)3-1-7-33-27/h2-12,14,23,27H,1,13,15-16H2,(H2,32,37)(H,35,38). The molecule has 3 aromatic rings. The minimum absolute atomic E-state index is 0.0381. The molecular weight excluding hydrogens is 520 g/mol. The second-order valence-electron chi connectivity index (χ2n) is 9.37. The lowest BCUT2D eigenvalue weighted by molar-refractivity contribution is -0.119. The lowest BCUT2D eigenvalue weighted by Gasteiger charge is -2.18. The van der Waals surface area contributed by atoms with Gasteiger partial charge in [0.25, 0.3) is 17.4 Å². The van der Waals surface area contributed by atoms with E-state index in [9.17, 15) is 23.2 Å². The van der Waals surface area contributed by atoms with Gasteiger partial charge >= 0.3 is 0 Å². The molecule has 2 aliphatic heterocycles. The maximum atomic E-state index is 13.6. The molecule has 0 spiro atoms. The molecule has 3 N–H and O–H groups in total. The normalized spacial score (nSPS) is 17.3. The maximum absolute atomic E-state index is 13.6. The Morgan fingerprint density at radius 3 is 2.73 bits per heavy atom. The van der Waals surface area contributed by atoms with Gasteiger partial charge < -0.3 is 20.4 Å². The minimum Gasteiger partial charge on any atom is -0.484 e. The van der Waals surface area contributed by atoms with Crippen molar-refractivity contribution in [2.75, 3.05) is 6.61 Å². The molecule has 0 bridgehead atoms. The Kier molecular flexibility index (Phi) is 7.63. The van der Waals surface area contributed by atoms with Gasteiger partial charge in [-0.1, -0.05) is 18.2 Å². The van der Waals surface area contributed by atoms with Crippen LogP contribution in [0.15, 0.2) is 81.2 Å². The van der Waals surface area contributed by atoms with Crippen LogP contribution in [0.1, 0.15) is 39.4 Å². The second kappa shape index (κ2) is 11.4. The van der Waals surface area contributed by atoms with Crippen LogP contribution in [0.25, 0.3) is 0 Å². The number of nitrogens with zero attached hydrogens (tertiary/aromatic N) is 3. The van der Waals surface area contributed by atoms with Gasteiger partial charge in [-0.25, -0.2) is 8.78 Å². The number of dihydropyridines is 1. The van der Waals surface area contributed by atoms with E-state index in [4.69, 9.17) is 10.5 Å². The monoisotopic (exact) mass is 545 g/mol. The summed E-state index contributed by atoms with van der Waals surface area (Å²) in [6.07, 6.45) is 7.62. The fourth-order valence-electron chi connectivity index (χ4n) is 4.64. The topological polar surface area (TPSA) is 128 Å². The van der Waals surface area contributed by atoms with Crippen molar-refractivity contribution >= 4 is 24.2 Å². The molecule has 0 saturated carbocycles. The highest BCUT2D eigenvalue weighted by Gasteiger charge is 2.29. The first-order chi connectivity index (χ1) is 19.3. The van der Waals surface area contributed by atoms with Crippen LogP contribution < -0.4 is 21.3 Å². The van der Waals surface area contributed by atoms with Crippen molar-refractivity contribution < 1.29 is 23.1 Å². The molecule has 204 valence electrons. The Morgan fingerprint density at radius 1 is 1.07 bits per heavy atom. The number of allylic oxidation sites excluding steroid dienone is 1. The number of nitrogens with one attached hydrogen (secondary N) is 1. The molecule has 3 heterocycles. The molecule has 0 saturated heterocycles. The summed E-state index contributed by atoms with van der Waals surface area (Å²) in [5.74, 6) is -3.00. The fraction of sp³-hybridized carbons (Fsp3) is 0.207. The van der Waals surface area contributed by atoms with Gasteiger partial charge in [-0.05, 0) is 58.7 Å². The first kappa shape index (κ1) is 26.7. The zero-order valence-electron chi connectivity index (χ0n) is 21.2. The third kappa shape index (κ3) is 5.88.